The Kier molecular flexibility index (Phi) is 3.53. The van der Waals surface area contributed by atoms with Crippen LogP contribution in [0.15, 0.2) is 24.3 Å². The lowest BCUT2D eigenvalue weighted by Gasteiger charge is -2.17. The van der Waals surface area contributed by atoms with Gasteiger partial charge in [0, 0.05) is 11.2 Å². The van der Waals surface area contributed by atoms with Crippen LogP contribution >= 0.6 is 0 Å². The minimum atomic E-state index is 0.428. The summed E-state index contributed by atoms with van der Waals surface area (Å²) in [6.45, 7) is 7.11. The van der Waals surface area contributed by atoms with Gasteiger partial charge in [-0.3, -0.25) is 0 Å². The summed E-state index contributed by atoms with van der Waals surface area (Å²) in [5.41, 5.74) is 3.20. The zero-order valence-electron chi connectivity index (χ0n) is 12.2. The molecule has 19 heavy (non-hydrogen) atoms. The second-order valence-electron chi connectivity index (χ2n) is 6.71. The Morgan fingerprint density at radius 1 is 1.16 bits per heavy atom. The summed E-state index contributed by atoms with van der Waals surface area (Å²) in [6, 6.07) is 8.86. The maximum atomic E-state index is 3.63. The van der Waals surface area contributed by atoms with E-state index in [9.17, 15) is 0 Å². The normalized spacial score (nSPS) is 35.1. The first-order valence-electron chi connectivity index (χ1n) is 7.76. The van der Waals surface area contributed by atoms with E-state index in [1.165, 1.54) is 50.0 Å². The van der Waals surface area contributed by atoms with Crippen LogP contribution in [0.2, 0.25) is 0 Å². The fourth-order valence-corrected chi connectivity index (χ4v) is 3.34. The first kappa shape index (κ1) is 13.0. The van der Waals surface area contributed by atoms with E-state index in [4.69, 9.17) is 0 Å². The maximum Gasteiger partial charge on any atom is 0.0443 e. The molecule has 1 aromatic rings. The molecule has 3 unspecified atom stereocenters. The zero-order valence-corrected chi connectivity index (χ0v) is 12.2. The molecule has 0 radical (unpaired) electrons. The molecule has 3 atom stereocenters. The molecule has 2 fully saturated rings. The van der Waals surface area contributed by atoms with E-state index in [0.717, 1.165) is 11.8 Å². The summed E-state index contributed by atoms with van der Waals surface area (Å²) in [5, 5.41) is 6.96. The summed E-state index contributed by atoms with van der Waals surface area (Å²) in [7, 11) is 0. The number of piperidine rings is 1. The second kappa shape index (κ2) is 5.16. The van der Waals surface area contributed by atoms with E-state index in [0.29, 0.717) is 5.54 Å². The van der Waals surface area contributed by atoms with Gasteiger partial charge in [-0.15, -0.1) is 0 Å². The lowest BCUT2D eigenvalue weighted by atomic mass is 10.0. The van der Waals surface area contributed by atoms with Gasteiger partial charge < -0.3 is 10.6 Å². The van der Waals surface area contributed by atoms with Crippen LogP contribution in [0.3, 0.4) is 0 Å². The Bertz CT molecular complexity index is 392. The Morgan fingerprint density at radius 3 is 2.37 bits per heavy atom. The van der Waals surface area contributed by atoms with Crippen molar-refractivity contribution in [3.63, 3.8) is 0 Å². The fourth-order valence-electron chi connectivity index (χ4n) is 3.34. The molecule has 1 aliphatic carbocycles. The number of hydrogen-bond donors (Lipinski definition) is 2. The Morgan fingerprint density at radius 2 is 1.89 bits per heavy atom. The van der Waals surface area contributed by atoms with Gasteiger partial charge in [-0.25, -0.2) is 0 Å². The predicted molar refractivity (Wildman–Crippen MR) is 81.5 cm³/mol. The maximum absolute atomic E-state index is 3.63. The number of anilines is 1. The molecule has 2 N–H and O–H groups in total. The van der Waals surface area contributed by atoms with E-state index in [2.05, 4.69) is 48.7 Å². The van der Waals surface area contributed by atoms with Crippen LogP contribution in [0.1, 0.15) is 38.7 Å². The minimum absolute atomic E-state index is 0.428. The highest BCUT2D eigenvalue weighted by Crippen LogP contribution is 2.49. The van der Waals surface area contributed by atoms with Crippen molar-refractivity contribution in [3.8, 4) is 0 Å². The molecule has 2 nitrogen and oxygen atoms in total. The van der Waals surface area contributed by atoms with Crippen molar-refractivity contribution in [2.24, 2.45) is 11.8 Å². The molecule has 4 aliphatic rings. The summed E-state index contributed by atoms with van der Waals surface area (Å²) < 4.78 is 0. The summed E-state index contributed by atoms with van der Waals surface area (Å²) in [5.74, 6) is 1.77. The van der Waals surface area contributed by atoms with Gasteiger partial charge in [-0.1, -0.05) is 26.0 Å². The van der Waals surface area contributed by atoms with Crippen LogP contribution in [0.4, 0.5) is 5.69 Å². The number of fused-ring (bicyclic) bond motifs is 2. The Labute approximate surface area is 117 Å². The SMILES string of the molecule is CC1CC12Cc1ccc(cc1)N2.CC1CCCNC1. The van der Waals surface area contributed by atoms with Crippen molar-refractivity contribution in [2.45, 2.75) is 45.1 Å². The Balaban J connectivity index is 0.000000136. The van der Waals surface area contributed by atoms with Crippen molar-refractivity contribution < 1.29 is 0 Å². The number of rotatable bonds is 0. The molecule has 1 spiro atoms. The topological polar surface area (TPSA) is 24.1 Å². The van der Waals surface area contributed by atoms with Crippen molar-refractivity contribution in [1.29, 1.82) is 0 Å². The first-order valence-corrected chi connectivity index (χ1v) is 7.76. The van der Waals surface area contributed by atoms with Crippen LogP contribution in [-0.4, -0.2) is 18.6 Å². The average Bonchev–Trinajstić information content (AvgIpc) is 3.12. The monoisotopic (exact) mass is 258 g/mol. The second-order valence-corrected chi connectivity index (χ2v) is 6.71. The van der Waals surface area contributed by atoms with Gasteiger partial charge in [-0.05, 0) is 68.3 Å². The molecule has 3 aliphatic heterocycles. The van der Waals surface area contributed by atoms with Crippen molar-refractivity contribution in [3.05, 3.63) is 29.8 Å². The molecular formula is C17H26N2. The van der Waals surface area contributed by atoms with Crippen molar-refractivity contribution in [1.82, 2.24) is 5.32 Å². The van der Waals surface area contributed by atoms with Crippen molar-refractivity contribution in [2.75, 3.05) is 18.4 Å². The van der Waals surface area contributed by atoms with Crippen LogP contribution in [0, 0.1) is 11.8 Å². The molecular weight excluding hydrogens is 232 g/mol. The number of nitrogens with one attached hydrogen (secondary N) is 2. The van der Waals surface area contributed by atoms with Crippen LogP contribution in [0.5, 0.6) is 0 Å². The quantitative estimate of drug-likeness (QED) is 0.745. The molecule has 5 rings (SSSR count). The van der Waals surface area contributed by atoms with Gasteiger partial charge in [0.2, 0.25) is 0 Å². The summed E-state index contributed by atoms with van der Waals surface area (Å²) in [4.78, 5) is 0. The lowest BCUT2D eigenvalue weighted by Crippen LogP contribution is -2.27. The van der Waals surface area contributed by atoms with Gasteiger partial charge in [0.25, 0.3) is 0 Å². The summed E-state index contributed by atoms with van der Waals surface area (Å²) >= 11 is 0. The minimum Gasteiger partial charge on any atom is -0.379 e. The van der Waals surface area contributed by atoms with E-state index >= 15 is 0 Å². The zero-order chi connectivity index (χ0) is 13.3. The first-order chi connectivity index (χ1) is 9.18. The largest absolute Gasteiger partial charge is 0.379 e. The van der Waals surface area contributed by atoms with Gasteiger partial charge >= 0.3 is 0 Å². The highest BCUT2D eigenvalue weighted by atomic mass is 15.0. The third kappa shape index (κ3) is 2.94. The Hall–Kier alpha value is -1.02. The summed E-state index contributed by atoms with van der Waals surface area (Å²) in [6.07, 6.45) is 5.35. The fraction of sp³-hybridized carbons (Fsp3) is 0.647. The molecule has 2 heteroatoms. The third-order valence-corrected chi connectivity index (χ3v) is 4.86. The van der Waals surface area contributed by atoms with Crippen LogP contribution in [-0.2, 0) is 6.42 Å². The molecule has 1 aromatic carbocycles. The molecule has 1 saturated carbocycles. The van der Waals surface area contributed by atoms with E-state index in [-0.39, 0.29) is 0 Å². The smallest absolute Gasteiger partial charge is 0.0443 e. The van der Waals surface area contributed by atoms with Gasteiger partial charge in [-0.2, -0.15) is 0 Å². The van der Waals surface area contributed by atoms with E-state index < -0.39 is 0 Å². The number of hydrogen-bond acceptors (Lipinski definition) is 2. The standard InChI is InChI=1S/C11H13N.C6H13N/c1-8-6-11(8)7-9-2-4-10(12-11)5-3-9;1-6-3-2-4-7-5-6/h2-5,8,12H,6-7H2,1H3;6-7H,2-5H2,1H3. The molecule has 104 valence electrons. The molecule has 1 saturated heterocycles. The average molecular weight is 258 g/mol. The van der Waals surface area contributed by atoms with E-state index in [1.54, 1.807) is 0 Å². The highest BCUT2D eigenvalue weighted by molar-refractivity contribution is 5.53. The highest BCUT2D eigenvalue weighted by Gasteiger charge is 2.51. The van der Waals surface area contributed by atoms with Gasteiger partial charge in [0.15, 0.2) is 0 Å². The molecule has 2 bridgehead atoms. The van der Waals surface area contributed by atoms with Crippen molar-refractivity contribution >= 4 is 5.69 Å². The predicted octanol–water partition coefficient (Wildman–Crippen LogP) is 3.44. The van der Waals surface area contributed by atoms with E-state index in [1.807, 2.05) is 0 Å². The van der Waals surface area contributed by atoms with Gasteiger partial charge in [0.1, 0.15) is 0 Å². The molecule has 3 heterocycles. The van der Waals surface area contributed by atoms with Crippen LogP contribution < -0.4 is 10.6 Å². The van der Waals surface area contributed by atoms with Crippen LogP contribution in [0.25, 0.3) is 0 Å². The molecule has 0 aromatic heterocycles. The number of benzene rings is 1. The molecule has 0 amide bonds. The third-order valence-electron chi connectivity index (χ3n) is 4.86. The van der Waals surface area contributed by atoms with Gasteiger partial charge in [0.05, 0.1) is 0 Å². The lowest BCUT2D eigenvalue weighted by molar-refractivity contribution is 0.405.